The molecule has 2 aromatic rings. The van der Waals surface area contributed by atoms with E-state index in [2.05, 4.69) is 11.9 Å². The van der Waals surface area contributed by atoms with Crippen molar-refractivity contribution in [3.05, 3.63) is 65.4 Å². The van der Waals surface area contributed by atoms with E-state index < -0.39 is 5.97 Å². The van der Waals surface area contributed by atoms with E-state index in [4.69, 9.17) is 14.2 Å². The summed E-state index contributed by atoms with van der Waals surface area (Å²) in [5.41, 5.74) is 1.67. The Hall–Kier alpha value is -3.41. The zero-order valence-corrected chi connectivity index (χ0v) is 20.0. The molecule has 6 heteroatoms. The summed E-state index contributed by atoms with van der Waals surface area (Å²) in [6, 6.07) is 14.2. The van der Waals surface area contributed by atoms with Crippen molar-refractivity contribution >= 4 is 23.9 Å². The van der Waals surface area contributed by atoms with E-state index in [1.807, 2.05) is 24.3 Å². The molecule has 2 aromatic carbocycles. The van der Waals surface area contributed by atoms with E-state index in [1.54, 1.807) is 30.3 Å². The van der Waals surface area contributed by atoms with Crippen LogP contribution >= 0.6 is 0 Å². The van der Waals surface area contributed by atoms with Crippen molar-refractivity contribution in [1.29, 1.82) is 0 Å². The zero-order chi connectivity index (χ0) is 24.2. The summed E-state index contributed by atoms with van der Waals surface area (Å²) in [6.07, 6.45) is 11.8. The van der Waals surface area contributed by atoms with Crippen LogP contribution in [0.5, 0.6) is 11.5 Å². The Kier molecular flexibility index (Phi) is 9.89. The smallest absolute Gasteiger partial charge is 0.363 e. The average Bonchev–Trinajstić information content (AvgIpc) is 3.19. The summed E-state index contributed by atoms with van der Waals surface area (Å²) >= 11 is 0. The molecule has 6 nitrogen and oxygen atoms in total. The summed E-state index contributed by atoms with van der Waals surface area (Å²) in [5, 5.41) is 0. The molecule has 0 saturated carbocycles. The number of aliphatic imine (C=N–C) groups is 1. The van der Waals surface area contributed by atoms with Crippen molar-refractivity contribution in [3.8, 4) is 11.5 Å². The third-order valence-corrected chi connectivity index (χ3v) is 5.43. The highest BCUT2D eigenvalue weighted by Gasteiger charge is 2.24. The lowest BCUT2D eigenvalue weighted by Crippen LogP contribution is -2.05. The van der Waals surface area contributed by atoms with Crippen LogP contribution in [-0.4, -0.2) is 24.4 Å². The molecule has 0 aliphatic carbocycles. The topological polar surface area (TPSA) is 74.2 Å². The number of ether oxygens (including phenoxy) is 3. The molecule has 0 N–H and O–H groups in total. The van der Waals surface area contributed by atoms with Gasteiger partial charge in [0.2, 0.25) is 5.90 Å². The van der Waals surface area contributed by atoms with Gasteiger partial charge in [0.05, 0.1) is 6.61 Å². The summed E-state index contributed by atoms with van der Waals surface area (Å²) in [4.78, 5) is 27.6. The molecule has 0 atom stereocenters. The molecule has 0 radical (unpaired) electrons. The number of esters is 2. The first-order valence-corrected chi connectivity index (χ1v) is 12.1. The highest BCUT2D eigenvalue weighted by molar-refractivity contribution is 6.12. The Bertz CT molecular complexity index is 1010. The Labute approximate surface area is 201 Å². The second-order valence-electron chi connectivity index (χ2n) is 8.35. The molecule has 1 aliphatic heterocycles. The Balaban J connectivity index is 1.47. The first-order chi connectivity index (χ1) is 16.5. The largest absolute Gasteiger partial charge is 0.494 e. The number of cyclic esters (lactones) is 1. The van der Waals surface area contributed by atoms with Gasteiger partial charge in [-0.15, -0.1) is 0 Å². The molecule has 0 aromatic heterocycles. The number of hydrogen-bond donors (Lipinski definition) is 0. The minimum absolute atomic E-state index is 0.213. The second-order valence-corrected chi connectivity index (χ2v) is 8.35. The number of nitrogens with zero attached hydrogens (tertiary/aromatic N) is 1. The van der Waals surface area contributed by atoms with Crippen LogP contribution in [0.4, 0.5) is 0 Å². The lowest BCUT2D eigenvalue weighted by atomic mass is 10.1. The maximum absolute atomic E-state index is 12.2. The molecular weight excluding hydrogens is 430 g/mol. The van der Waals surface area contributed by atoms with Crippen molar-refractivity contribution in [2.45, 2.75) is 65.2 Å². The lowest BCUT2D eigenvalue weighted by molar-refractivity contribution is -0.132. The molecule has 34 heavy (non-hydrogen) atoms. The average molecular weight is 464 g/mol. The van der Waals surface area contributed by atoms with Gasteiger partial charge in [0, 0.05) is 12.5 Å². The van der Waals surface area contributed by atoms with E-state index in [1.165, 1.54) is 51.9 Å². The molecule has 3 rings (SSSR count). The van der Waals surface area contributed by atoms with Gasteiger partial charge in [0.25, 0.3) is 0 Å². The molecule has 1 aliphatic rings. The fourth-order valence-corrected chi connectivity index (χ4v) is 3.61. The van der Waals surface area contributed by atoms with E-state index in [9.17, 15) is 9.59 Å². The maximum atomic E-state index is 12.2. The summed E-state index contributed by atoms with van der Waals surface area (Å²) in [6.45, 7) is 4.28. The fourth-order valence-electron chi connectivity index (χ4n) is 3.61. The number of benzene rings is 2. The van der Waals surface area contributed by atoms with Gasteiger partial charge in [-0.2, -0.15) is 0 Å². The first-order valence-electron chi connectivity index (χ1n) is 12.1. The Morgan fingerprint density at radius 2 is 1.50 bits per heavy atom. The predicted molar refractivity (Wildman–Crippen MR) is 133 cm³/mol. The molecule has 0 fully saturated rings. The van der Waals surface area contributed by atoms with Gasteiger partial charge in [-0.25, -0.2) is 9.79 Å². The van der Waals surface area contributed by atoms with Gasteiger partial charge < -0.3 is 14.2 Å². The third kappa shape index (κ3) is 8.18. The summed E-state index contributed by atoms with van der Waals surface area (Å²) in [5.74, 6) is 0.610. The van der Waals surface area contributed by atoms with Crippen LogP contribution in [0.25, 0.3) is 6.08 Å². The minimum Gasteiger partial charge on any atom is -0.494 e. The number of unbranched alkanes of at least 4 members (excludes halogenated alkanes) is 7. The van der Waals surface area contributed by atoms with Crippen LogP contribution in [0.1, 0.15) is 76.3 Å². The molecule has 0 spiro atoms. The third-order valence-electron chi connectivity index (χ3n) is 5.43. The highest BCUT2D eigenvalue weighted by atomic mass is 16.6. The van der Waals surface area contributed by atoms with Crippen molar-refractivity contribution in [2.24, 2.45) is 4.99 Å². The SMILES string of the molecule is CCCCCCCCCCOc1ccc(C2=NC(=Cc3ccc(OC(C)=O)cc3)C(=O)O2)cc1. The normalized spacial score (nSPS) is 14.1. The van der Waals surface area contributed by atoms with Crippen LogP contribution in [0, 0.1) is 0 Å². The van der Waals surface area contributed by atoms with Crippen LogP contribution in [0.2, 0.25) is 0 Å². The Morgan fingerprint density at radius 1 is 0.882 bits per heavy atom. The van der Waals surface area contributed by atoms with Crippen LogP contribution in [0.3, 0.4) is 0 Å². The van der Waals surface area contributed by atoms with E-state index in [-0.39, 0.29) is 17.6 Å². The molecule has 0 unspecified atom stereocenters. The van der Waals surface area contributed by atoms with Crippen molar-refractivity contribution < 1.29 is 23.8 Å². The summed E-state index contributed by atoms with van der Waals surface area (Å²) < 4.78 is 16.2. The fraction of sp³-hybridized carbons (Fsp3) is 0.393. The van der Waals surface area contributed by atoms with Crippen molar-refractivity contribution in [2.75, 3.05) is 6.61 Å². The van der Waals surface area contributed by atoms with Crippen LogP contribution in [-0.2, 0) is 14.3 Å². The van der Waals surface area contributed by atoms with Crippen LogP contribution in [0.15, 0.2) is 59.2 Å². The summed E-state index contributed by atoms with van der Waals surface area (Å²) in [7, 11) is 0. The van der Waals surface area contributed by atoms with Gasteiger partial charge in [-0.1, -0.05) is 64.0 Å². The molecule has 0 saturated heterocycles. The van der Waals surface area contributed by atoms with Crippen LogP contribution < -0.4 is 9.47 Å². The second kappa shape index (κ2) is 13.3. The van der Waals surface area contributed by atoms with Gasteiger partial charge >= 0.3 is 11.9 Å². The molecule has 0 amide bonds. The predicted octanol–water partition coefficient (Wildman–Crippen LogP) is 6.48. The standard InChI is InChI=1S/C28H33NO5/c1-3-4-5-6-7-8-9-10-19-32-24-17-13-23(14-18-24)27-29-26(28(31)34-27)20-22-11-15-25(16-12-22)33-21(2)30/h11-18,20H,3-10,19H2,1-2H3. The number of rotatable bonds is 13. The molecule has 180 valence electrons. The maximum Gasteiger partial charge on any atom is 0.363 e. The highest BCUT2D eigenvalue weighted by Crippen LogP contribution is 2.22. The van der Waals surface area contributed by atoms with E-state index in [0.29, 0.717) is 17.9 Å². The number of carbonyl (C=O) groups is 2. The monoisotopic (exact) mass is 463 g/mol. The van der Waals surface area contributed by atoms with E-state index >= 15 is 0 Å². The van der Waals surface area contributed by atoms with Crippen molar-refractivity contribution in [1.82, 2.24) is 0 Å². The minimum atomic E-state index is -0.505. The zero-order valence-electron chi connectivity index (χ0n) is 20.0. The quantitative estimate of drug-likeness (QED) is 0.147. The number of hydrogen-bond acceptors (Lipinski definition) is 6. The van der Waals surface area contributed by atoms with Gasteiger partial charge in [0.15, 0.2) is 5.70 Å². The molecular formula is C28H33NO5. The first kappa shape index (κ1) is 25.2. The molecule has 0 bridgehead atoms. The van der Waals surface area contributed by atoms with Gasteiger partial charge in [0.1, 0.15) is 11.5 Å². The Morgan fingerprint density at radius 3 is 2.15 bits per heavy atom. The van der Waals surface area contributed by atoms with E-state index in [0.717, 1.165) is 17.7 Å². The van der Waals surface area contributed by atoms with Crippen molar-refractivity contribution in [3.63, 3.8) is 0 Å². The number of carbonyl (C=O) groups excluding carboxylic acids is 2. The van der Waals surface area contributed by atoms with Gasteiger partial charge in [-0.05, 0) is 54.5 Å². The molecule has 1 heterocycles. The lowest BCUT2D eigenvalue weighted by Gasteiger charge is -2.07. The van der Waals surface area contributed by atoms with Gasteiger partial charge in [-0.3, -0.25) is 4.79 Å².